The molecule has 0 aromatic carbocycles. The number of nitrogens with zero attached hydrogens (tertiary/aromatic N) is 2. The van der Waals surface area contributed by atoms with Crippen molar-refractivity contribution in [2.45, 2.75) is 77.1 Å². The molecule has 0 unspecified atom stereocenters. The number of aryl methyl sites for hydroxylation is 2. The van der Waals surface area contributed by atoms with Gasteiger partial charge in [0.25, 0.3) is 5.56 Å². The number of aromatic nitrogens is 2. The van der Waals surface area contributed by atoms with Crippen molar-refractivity contribution in [3.63, 3.8) is 0 Å². The Morgan fingerprint density at radius 2 is 2.07 bits per heavy atom. The van der Waals surface area contributed by atoms with Crippen molar-refractivity contribution in [3.8, 4) is 0 Å². The van der Waals surface area contributed by atoms with Crippen LogP contribution in [0.4, 0.5) is 0 Å². The summed E-state index contributed by atoms with van der Waals surface area (Å²) in [5.41, 5.74) is 0.872. The summed E-state index contributed by atoms with van der Waals surface area (Å²) in [7, 11) is 0. The van der Waals surface area contributed by atoms with Crippen LogP contribution >= 0.6 is 23.1 Å². The molecule has 152 valence electrons. The molecule has 1 saturated heterocycles. The molecule has 0 radical (unpaired) electrons. The second kappa shape index (κ2) is 7.92. The van der Waals surface area contributed by atoms with Crippen LogP contribution in [0.3, 0.4) is 0 Å². The van der Waals surface area contributed by atoms with Crippen LogP contribution in [0.25, 0.3) is 10.2 Å². The van der Waals surface area contributed by atoms with Gasteiger partial charge in [-0.2, -0.15) is 0 Å². The summed E-state index contributed by atoms with van der Waals surface area (Å²) in [4.78, 5) is 33.0. The first kappa shape index (κ1) is 20.1. The Balaban J connectivity index is 1.75. The van der Waals surface area contributed by atoms with E-state index in [1.54, 1.807) is 15.9 Å². The zero-order chi connectivity index (χ0) is 19.9. The molecular formula is C21H28N2O3S2. The third-order valence-corrected chi connectivity index (χ3v) is 7.78. The van der Waals surface area contributed by atoms with Crippen LogP contribution in [0.1, 0.15) is 56.9 Å². The number of thiophene rings is 1. The third kappa shape index (κ3) is 3.94. The van der Waals surface area contributed by atoms with E-state index in [0.29, 0.717) is 17.5 Å². The van der Waals surface area contributed by atoms with Crippen molar-refractivity contribution in [1.82, 2.24) is 9.55 Å². The van der Waals surface area contributed by atoms with Crippen LogP contribution in [0.15, 0.2) is 9.95 Å². The van der Waals surface area contributed by atoms with Gasteiger partial charge in [0.1, 0.15) is 10.6 Å². The number of ketones is 1. The van der Waals surface area contributed by atoms with Gasteiger partial charge in [0.15, 0.2) is 5.16 Å². The molecule has 0 bridgehead atoms. The topological polar surface area (TPSA) is 61.2 Å². The predicted molar refractivity (Wildman–Crippen MR) is 115 cm³/mol. The lowest BCUT2D eigenvalue weighted by atomic mass is 9.92. The fraction of sp³-hybridized carbons (Fsp3) is 0.667. The Hall–Kier alpha value is -1.18. The highest BCUT2D eigenvalue weighted by Gasteiger charge is 2.26. The quantitative estimate of drug-likeness (QED) is 0.535. The maximum absolute atomic E-state index is 13.5. The fourth-order valence-electron chi connectivity index (χ4n) is 3.83. The van der Waals surface area contributed by atoms with Crippen LogP contribution in [0.5, 0.6) is 0 Å². The average Bonchev–Trinajstić information content (AvgIpc) is 3.28. The van der Waals surface area contributed by atoms with Gasteiger partial charge in [-0.1, -0.05) is 32.5 Å². The van der Waals surface area contributed by atoms with E-state index in [4.69, 9.17) is 9.72 Å². The molecule has 7 heteroatoms. The van der Waals surface area contributed by atoms with E-state index < -0.39 is 5.41 Å². The Morgan fingerprint density at radius 3 is 2.79 bits per heavy atom. The third-order valence-electron chi connectivity index (χ3n) is 5.62. The van der Waals surface area contributed by atoms with Crippen molar-refractivity contribution in [2.24, 2.45) is 5.41 Å². The summed E-state index contributed by atoms with van der Waals surface area (Å²) >= 11 is 3.06. The second-order valence-corrected chi connectivity index (χ2v) is 10.8. The Kier molecular flexibility index (Phi) is 5.69. The number of ether oxygens (including phenoxy) is 1. The molecule has 0 amide bonds. The normalized spacial score (nSPS) is 19.9. The summed E-state index contributed by atoms with van der Waals surface area (Å²) in [5, 5.41) is 1.47. The summed E-state index contributed by atoms with van der Waals surface area (Å²) in [6, 6.07) is 0. The highest BCUT2D eigenvalue weighted by molar-refractivity contribution is 7.99. The van der Waals surface area contributed by atoms with Gasteiger partial charge in [0.05, 0.1) is 23.8 Å². The number of fused-ring (bicyclic) bond motifs is 3. The highest BCUT2D eigenvalue weighted by atomic mass is 32.2. The zero-order valence-electron chi connectivity index (χ0n) is 16.9. The molecule has 0 N–H and O–H groups in total. The molecule has 0 spiro atoms. The first-order valence-corrected chi connectivity index (χ1v) is 12.0. The largest absolute Gasteiger partial charge is 0.376 e. The molecule has 1 atom stereocenters. The molecular weight excluding hydrogens is 392 g/mol. The van der Waals surface area contributed by atoms with Crippen molar-refractivity contribution in [3.05, 3.63) is 20.8 Å². The number of hydrogen-bond acceptors (Lipinski definition) is 6. The summed E-state index contributed by atoms with van der Waals surface area (Å²) < 4.78 is 7.57. The van der Waals surface area contributed by atoms with Gasteiger partial charge in [-0.3, -0.25) is 14.2 Å². The smallest absolute Gasteiger partial charge is 0.263 e. The van der Waals surface area contributed by atoms with Crippen molar-refractivity contribution < 1.29 is 9.53 Å². The lowest BCUT2D eigenvalue weighted by Gasteiger charge is -2.18. The molecule has 2 aliphatic rings. The lowest BCUT2D eigenvalue weighted by Crippen LogP contribution is -2.29. The minimum absolute atomic E-state index is 0.0469. The van der Waals surface area contributed by atoms with E-state index in [0.717, 1.165) is 48.9 Å². The first-order chi connectivity index (χ1) is 13.3. The Bertz CT molecular complexity index is 949. The fourth-order valence-corrected chi connectivity index (χ4v) is 6.30. The molecule has 4 rings (SSSR count). The number of hydrogen-bond donors (Lipinski definition) is 0. The molecule has 1 aliphatic carbocycles. The lowest BCUT2D eigenvalue weighted by molar-refractivity contribution is -0.123. The predicted octanol–water partition coefficient (Wildman–Crippen LogP) is 4.22. The van der Waals surface area contributed by atoms with E-state index in [9.17, 15) is 9.59 Å². The van der Waals surface area contributed by atoms with Gasteiger partial charge in [-0.25, -0.2) is 4.98 Å². The van der Waals surface area contributed by atoms with Crippen LogP contribution < -0.4 is 5.56 Å². The van der Waals surface area contributed by atoms with E-state index in [2.05, 4.69) is 0 Å². The number of carbonyl (C=O) groups is 1. The minimum atomic E-state index is -0.390. The molecule has 5 nitrogen and oxygen atoms in total. The second-order valence-electron chi connectivity index (χ2n) is 8.80. The number of thioether (sulfide) groups is 1. The Morgan fingerprint density at radius 1 is 1.29 bits per heavy atom. The first-order valence-electron chi connectivity index (χ1n) is 10.2. The summed E-state index contributed by atoms with van der Waals surface area (Å²) in [5.74, 6) is 0.499. The number of rotatable bonds is 5. The van der Waals surface area contributed by atoms with E-state index in [-0.39, 0.29) is 17.4 Å². The molecule has 1 aliphatic heterocycles. The van der Waals surface area contributed by atoms with Crippen molar-refractivity contribution in [1.29, 1.82) is 0 Å². The Labute approximate surface area is 173 Å². The monoisotopic (exact) mass is 420 g/mol. The maximum Gasteiger partial charge on any atom is 0.263 e. The van der Waals surface area contributed by atoms with Crippen LogP contribution in [0, 0.1) is 5.41 Å². The van der Waals surface area contributed by atoms with Gasteiger partial charge in [-0.15, -0.1) is 11.3 Å². The van der Waals surface area contributed by atoms with E-state index >= 15 is 0 Å². The molecule has 3 heterocycles. The SMILES string of the molecule is CC(C)(C)C(=O)CSc1nc2sc3c(c2c(=O)n1C[C@H]1CCCO1)CCCC3. The maximum atomic E-state index is 13.5. The van der Waals surface area contributed by atoms with Gasteiger partial charge in [0.2, 0.25) is 0 Å². The van der Waals surface area contributed by atoms with Crippen LogP contribution in [0.2, 0.25) is 0 Å². The van der Waals surface area contributed by atoms with Crippen molar-refractivity contribution >= 4 is 39.1 Å². The van der Waals surface area contributed by atoms with Gasteiger partial charge in [-0.05, 0) is 44.1 Å². The van der Waals surface area contributed by atoms with Crippen LogP contribution in [-0.4, -0.2) is 33.8 Å². The average molecular weight is 421 g/mol. The molecule has 0 saturated carbocycles. The van der Waals surface area contributed by atoms with Gasteiger partial charge < -0.3 is 4.74 Å². The van der Waals surface area contributed by atoms with Crippen LogP contribution in [-0.2, 0) is 28.9 Å². The number of Topliss-reactive ketones (excluding diaryl/α,β-unsaturated/α-hetero) is 1. The molecule has 1 fully saturated rings. The van der Waals surface area contributed by atoms with Gasteiger partial charge in [0, 0.05) is 16.9 Å². The molecule has 2 aromatic rings. The van der Waals surface area contributed by atoms with Crippen molar-refractivity contribution in [2.75, 3.05) is 12.4 Å². The standard InChI is InChI=1S/C21H28N2O3S2/c1-21(2,3)16(24)12-27-20-22-18-17(14-8-4-5-9-15(14)28-18)19(25)23(20)11-13-7-6-10-26-13/h13H,4-12H2,1-3H3/t13-/m1/s1. The highest BCUT2D eigenvalue weighted by Crippen LogP contribution is 2.35. The minimum Gasteiger partial charge on any atom is -0.376 e. The molecule has 2 aromatic heterocycles. The summed E-state index contributed by atoms with van der Waals surface area (Å²) in [6.45, 7) is 7.07. The molecule has 28 heavy (non-hydrogen) atoms. The zero-order valence-corrected chi connectivity index (χ0v) is 18.5. The van der Waals surface area contributed by atoms with Gasteiger partial charge >= 0.3 is 0 Å². The number of carbonyl (C=O) groups excluding carboxylic acids is 1. The van der Waals surface area contributed by atoms with E-state index in [1.807, 2.05) is 20.8 Å². The summed E-state index contributed by atoms with van der Waals surface area (Å²) in [6.07, 6.45) is 6.41. The van der Waals surface area contributed by atoms with E-state index in [1.165, 1.54) is 28.6 Å².